The fourth-order valence-electron chi connectivity index (χ4n) is 2.15. The number of carbonyl (C=O) groups is 1. The number of benzene rings is 2. The van der Waals surface area contributed by atoms with Gasteiger partial charge in [-0.25, -0.2) is 0 Å². The van der Waals surface area contributed by atoms with Crippen LogP contribution in [-0.2, 0) is 10.0 Å². The topological polar surface area (TPSA) is 110 Å². The van der Waals surface area contributed by atoms with E-state index >= 15 is 0 Å². The summed E-state index contributed by atoms with van der Waals surface area (Å²) in [6.07, 6.45) is 0. The molecule has 2 aromatic carbocycles. The zero-order chi connectivity index (χ0) is 20.1. The first kappa shape index (κ1) is 20.1. The zero-order valence-electron chi connectivity index (χ0n) is 14.5. The van der Waals surface area contributed by atoms with E-state index in [1.165, 1.54) is 0 Å². The number of sulfonamides is 1. The fraction of sp³-hybridized carbons (Fsp3) is 0.118. The van der Waals surface area contributed by atoms with Gasteiger partial charge in [0.15, 0.2) is 0 Å². The van der Waals surface area contributed by atoms with Gasteiger partial charge in [0.1, 0.15) is 5.75 Å². The van der Waals surface area contributed by atoms with Crippen molar-refractivity contribution in [1.82, 2.24) is 10.2 Å². The minimum absolute atomic E-state index is 0.0587. The molecule has 1 aromatic heterocycles. The maximum Gasteiger partial charge on any atom is 0.291 e. The van der Waals surface area contributed by atoms with Crippen LogP contribution in [0.4, 0.5) is 10.8 Å². The summed E-state index contributed by atoms with van der Waals surface area (Å²) in [6.45, 7) is 2.29. The van der Waals surface area contributed by atoms with E-state index in [2.05, 4.69) is 20.2 Å². The van der Waals surface area contributed by atoms with Crippen LogP contribution in [0.2, 0.25) is 5.02 Å². The van der Waals surface area contributed by atoms with E-state index in [0.717, 1.165) is 11.3 Å². The molecule has 11 heteroatoms. The lowest BCUT2D eigenvalue weighted by Gasteiger charge is -2.07. The van der Waals surface area contributed by atoms with Crippen LogP contribution in [0.15, 0.2) is 52.9 Å². The average molecular weight is 439 g/mol. The smallest absolute Gasteiger partial charge is 0.291 e. The summed E-state index contributed by atoms with van der Waals surface area (Å²) < 4.78 is 32.5. The molecule has 0 saturated heterocycles. The highest BCUT2D eigenvalue weighted by molar-refractivity contribution is 7.94. The molecule has 0 aliphatic carbocycles. The SMILES string of the molecule is CCOc1cccc(NS(=O)(=O)c2nnc(NC(=O)c3ccc(Cl)cc3)s2)c1. The van der Waals surface area contributed by atoms with Crippen LogP contribution >= 0.6 is 22.9 Å². The Morgan fingerprint density at radius 3 is 2.64 bits per heavy atom. The largest absolute Gasteiger partial charge is 0.494 e. The van der Waals surface area contributed by atoms with Gasteiger partial charge in [-0.1, -0.05) is 29.0 Å². The third-order valence-corrected chi connectivity index (χ3v) is 6.20. The maximum atomic E-state index is 12.5. The second-order valence-corrected chi connectivity index (χ2v) is 8.67. The van der Waals surface area contributed by atoms with E-state index in [1.807, 2.05) is 6.92 Å². The van der Waals surface area contributed by atoms with Crippen molar-refractivity contribution < 1.29 is 17.9 Å². The van der Waals surface area contributed by atoms with E-state index in [4.69, 9.17) is 16.3 Å². The van der Waals surface area contributed by atoms with Crippen molar-refractivity contribution >= 4 is 49.7 Å². The van der Waals surface area contributed by atoms with Crippen LogP contribution < -0.4 is 14.8 Å². The first-order valence-corrected chi connectivity index (χ1v) is 10.7. The van der Waals surface area contributed by atoms with Crippen LogP contribution in [0.5, 0.6) is 5.75 Å². The molecule has 2 N–H and O–H groups in total. The summed E-state index contributed by atoms with van der Waals surface area (Å²) in [5.41, 5.74) is 0.683. The average Bonchev–Trinajstić information content (AvgIpc) is 3.12. The van der Waals surface area contributed by atoms with Gasteiger partial charge in [-0.15, -0.1) is 10.2 Å². The number of aromatic nitrogens is 2. The van der Waals surface area contributed by atoms with Gasteiger partial charge in [0.05, 0.1) is 12.3 Å². The Morgan fingerprint density at radius 2 is 1.93 bits per heavy atom. The predicted molar refractivity (Wildman–Crippen MR) is 108 cm³/mol. The molecule has 28 heavy (non-hydrogen) atoms. The molecular formula is C17H15ClN4O4S2. The molecule has 0 saturated carbocycles. The van der Waals surface area contributed by atoms with Crippen LogP contribution in [-0.4, -0.2) is 31.1 Å². The van der Waals surface area contributed by atoms with E-state index in [9.17, 15) is 13.2 Å². The van der Waals surface area contributed by atoms with Crippen molar-refractivity contribution in [2.75, 3.05) is 16.6 Å². The Bertz CT molecular complexity index is 1080. The molecule has 3 aromatic rings. The van der Waals surface area contributed by atoms with Crippen LogP contribution in [0.25, 0.3) is 0 Å². The lowest BCUT2D eigenvalue weighted by atomic mass is 10.2. The summed E-state index contributed by atoms with van der Waals surface area (Å²) >= 11 is 6.53. The molecule has 8 nitrogen and oxygen atoms in total. The van der Waals surface area contributed by atoms with E-state index in [1.54, 1.807) is 48.5 Å². The van der Waals surface area contributed by atoms with Gasteiger partial charge in [0, 0.05) is 16.7 Å². The monoisotopic (exact) mass is 438 g/mol. The number of rotatable bonds is 7. The van der Waals surface area contributed by atoms with Gasteiger partial charge < -0.3 is 4.74 Å². The zero-order valence-corrected chi connectivity index (χ0v) is 16.9. The van der Waals surface area contributed by atoms with E-state index in [0.29, 0.717) is 28.6 Å². The van der Waals surface area contributed by atoms with Crippen molar-refractivity contribution in [2.45, 2.75) is 11.3 Å². The van der Waals surface area contributed by atoms with E-state index < -0.39 is 15.9 Å². The summed E-state index contributed by atoms with van der Waals surface area (Å²) in [5, 5.41) is 10.4. The maximum absolute atomic E-state index is 12.5. The fourth-order valence-corrected chi connectivity index (χ4v) is 4.23. The van der Waals surface area contributed by atoms with Crippen molar-refractivity contribution in [3.05, 3.63) is 59.1 Å². The first-order chi connectivity index (χ1) is 13.4. The first-order valence-electron chi connectivity index (χ1n) is 8.03. The summed E-state index contributed by atoms with van der Waals surface area (Å²) in [5.74, 6) is 0.0880. The number of ether oxygens (including phenoxy) is 1. The molecule has 0 unspecified atom stereocenters. The third kappa shape index (κ3) is 4.97. The lowest BCUT2D eigenvalue weighted by Crippen LogP contribution is -2.12. The number of nitrogens with zero attached hydrogens (tertiary/aromatic N) is 2. The van der Waals surface area contributed by atoms with Gasteiger partial charge in [0.2, 0.25) is 5.13 Å². The van der Waals surface area contributed by atoms with Crippen molar-refractivity contribution in [3.63, 3.8) is 0 Å². The van der Waals surface area contributed by atoms with Crippen LogP contribution in [0.1, 0.15) is 17.3 Å². The third-order valence-electron chi connectivity index (χ3n) is 3.36. The van der Waals surface area contributed by atoms with Gasteiger partial charge in [0.25, 0.3) is 20.3 Å². The minimum atomic E-state index is -3.96. The molecule has 0 aliphatic heterocycles. The summed E-state index contributed by atoms with van der Waals surface area (Å²) in [7, 11) is -3.96. The Morgan fingerprint density at radius 1 is 1.18 bits per heavy atom. The normalized spacial score (nSPS) is 11.1. The number of halogens is 1. The standard InChI is InChI=1S/C17H15ClN4O4S2/c1-2-26-14-5-3-4-13(10-14)22-28(24,25)17-21-20-16(27-17)19-15(23)11-6-8-12(18)9-7-11/h3-10,22H,2H2,1H3,(H,19,20,23). The molecular weight excluding hydrogens is 424 g/mol. The number of hydrogen-bond donors (Lipinski definition) is 2. The molecule has 0 fully saturated rings. The Hall–Kier alpha value is -2.69. The molecule has 1 heterocycles. The molecule has 3 rings (SSSR count). The molecule has 1 amide bonds. The highest BCUT2D eigenvalue weighted by Gasteiger charge is 2.21. The van der Waals surface area contributed by atoms with Gasteiger partial charge in [-0.3, -0.25) is 14.8 Å². The molecule has 0 atom stereocenters. The van der Waals surface area contributed by atoms with Gasteiger partial charge >= 0.3 is 0 Å². The number of nitrogens with one attached hydrogen (secondary N) is 2. The lowest BCUT2D eigenvalue weighted by molar-refractivity contribution is 0.102. The Kier molecular flexibility index (Phi) is 6.12. The summed E-state index contributed by atoms with van der Waals surface area (Å²) in [6, 6.07) is 12.8. The highest BCUT2D eigenvalue weighted by Crippen LogP contribution is 2.25. The number of hydrogen-bond acceptors (Lipinski definition) is 7. The molecule has 0 bridgehead atoms. The second kappa shape index (κ2) is 8.55. The van der Waals surface area contributed by atoms with Crippen LogP contribution in [0.3, 0.4) is 0 Å². The van der Waals surface area contributed by atoms with Crippen LogP contribution in [0, 0.1) is 0 Å². The van der Waals surface area contributed by atoms with Gasteiger partial charge in [-0.2, -0.15) is 8.42 Å². The van der Waals surface area contributed by atoms with Crippen molar-refractivity contribution in [3.8, 4) is 5.75 Å². The number of amides is 1. The minimum Gasteiger partial charge on any atom is -0.494 e. The highest BCUT2D eigenvalue weighted by atomic mass is 35.5. The van der Waals surface area contributed by atoms with Gasteiger partial charge in [-0.05, 0) is 43.3 Å². The number of anilines is 2. The van der Waals surface area contributed by atoms with Crippen molar-refractivity contribution in [2.24, 2.45) is 0 Å². The Balaban J connectivity index is 1.72. The Labute approximate surface area is 170 Å². The second-order valence-electron chi connectivity index (χ2n) is 5.40. The summed E-state index contributed by atoms with van der Waals surface area (Å²) in [4.78, 5) is 12.2. The van der Waals surface area contributed by atoms with Crippen molar-refractivity contribution in [1.29, 1.82) is 0 Å². The quantitative estimate of drug-likeness (QED) is 0.545. The molecule has 0 spiro atoms. The molecule has 146 valence electrons. The van der Waals surface area contributed by atoms with E-state index in [-0.39, 0.29) is 9.47 Å². The predicted octanol–water partition coefficient (Wildman–Crippen LogP) is 3.64. The molecule has 0 radical (unpaired) electrons. The molecule has 0 aliphatic rings. The number of carbonyl (C=O) groups excluding carboxylic acids is 1.